The smallest absolute Gasteiger partial charge is 0.0707 e. The van der Waals surface area contributed by atoms with E-state index in [1.807, 2.05) is 14.2 Å². The molecule has 2 aliphatic carbocycles. The van der Waals surface area contributed by atoms with E-state index in [2.05, 4.69) is 6.92 Å². The fourth-order valence-corrected chi connectivity index (χ4v) is 4.47. The summed E-state index contributed by atoms with van der Waals surface area (Å²) < 4.78 is 11.6. The van der Waals surface area contributed by atoms with Crippen molar-refractivity contribution in [3.05, 3.63) is 0 Å². The second-order valence-electron chi connectivity index (χ2n) is 6.71. The maximum Gasteiger partial charge on any atom is 0.0707 e. The first-order valence-corrected chi connectivity index (χ1v) is 8.32. The predicted octanol–water partition coefficient (Wildman–Crippen LogP) is 4.57. The average Bonchev–Trinajstić information content (AvgIpc) is 2.49. The van der Waals surface area contributed by atoms with E-state index >= 15 is 0 Å². The fraction of sp³-hybridized carbons (Fsp3) is 1.00. The van der Waals surface area contributed by atoms with Gasteiger partial charge in [0, 0.05) is 14.2 Å². The van der Waals surface area contributed by atoms with Crippen LogP contribution in [0.3, 0.4) is 0 Å². The predicted molar refractivity (Wildman–Crippen MR) is 79.4 cm³/mol. The molecule has 2 saturated carbocycles. The molecule has 2 nitrogen and oxygen atoms in total. The number of ether oxygens (including phenoxy) is 2. The van der Waals surface area contributed by atoms with Gasteiger partial charge in [0.1, 0.15) is 0 Å². The van der Waals surface area contributed by atoms with Crippen LogP contribution in [0, 0.1) is 11.8 Å². The number of hydrogen-bond donors (Lipinski definition) is 0. The summed E-state index contributed by atoms with van der Waals surface area (Å²) in [6, 6.07) is 0. The van der Waals surface area contributed by atoms with Crippen LogP contribution in [0.1, 0.15) is 71.1 Å². The molecule has 0 radical (unpaired) electrons. The van der Waals surface area contributed by atoms with Crippen LogP contribution in [0.25, 0.3) is 0 Å². The third-order valence-electron chi connectivity index (χ3n) is 5.81. The van der Waals surface area contributed by atoms with Gasteiger partial charge in [0.05, 0.1) is 11.7 Å². The van der Waals surface area contributed by atoms with Crippen molar-refractivity contribution in [2.24, 2.45) is 11.8 Å². The van der Waals surface area contributed by atoms with Crippen LogP contribution in [0.5, 0.6) is 0 Å². The van der Waals surface area contributed by atoms with Gasteiger partial charge in [-0.05, 0) is 63.2 Å². The second-order valence-corrected chi connectivity index (χ2v) is 6.71. The zero-order valence-corrected chi connectivity index (χ0v) is 13.1. The van der Waals surface area contributed by atoms with Crippen molar-refractivity contribution >= 4 is 0 Å². The van der Waals surface area contributed by atoms with Gasteiger partial charge in [-0.1, -0.05) is 19.8 Å². The minimum atomic E-state index is 0.197. The van der Waals surface area contributed by atoms with Crippen molar-refractivity contribution in [3.8, 4) is 0 Å². The van der Waals surface area contributed by atoms with Crippen molar-refractivity contribution < 1.29 is 9.47 Å². The van der Waals surface area contributed by atoms with Crippen LogP contribution in [0.15, 0.2) is 0 Å². The van der Waals surface area contributed by atoms with E-state index in [1.165, 1.54) is 64.2 Å². The Morgan fingerprint density at radius 2 is 1.58 bits per heavy atom. The second kappa shape index (κ2) is 7.08. The van der Waals surface area contributed by atoms with Crippen molar-refractivity contribution in [1.29, 1.82) is 0 Å². The Morgan fingerprint density at radius 3 is 2.05 bits per heavy atom. The lowest BCUT2D eigenvalue weighted by molar-refractivity contribution is -0.111. The Labute approximate surface area is 119 Å². The van der Waals surface area contributed by atoms with Gasteiger partial charge in [-0.2, -0.15) is 0 Å². The molecule has 112 valence electrons. The van der Waals surface area contributed by atoms with Crippen LogP contribution in [-0.2, 0) is 9.47 Å². The van der Waals surface area contributed by atoms with Gasteiger partial charge in [0.25, 0.3) is 0 Å². The van der Waals surface area contributed by atoms with Crippen LogP contribution in [0.2, 0.25) is 0 Å². The van der Waals surface area contributed by atoms with E-state index in [-0.39, 0.29) is 5.60 Å². The molecule has 0 atom stereocenters. The first-order valence-electron chi connectivity index (χ1n) is 8.32. The minimum Gasteiger partial charge on any atom is -0.381 e. The van der Waals surface area contributed by atoms with E-state index in [4.69, 9.17) is 9.47 Å². The average molecular weight is 268 g/mol. The molecule has 0 aromatic carbocycles. The minimum absolute atomic E-state index is 0.197. The largest absolute Gasteiger partial charge is 0.381 e. The molecule has 2 rings (SSSR count). The molecule has 0 aliphatic heterocycles. The van der Waals surface area contributed by atoms with Crippen LogP contribution in [0.4, 0.5) is 0 Å². The molecule has 0 amide bonds. The van der Waals surface area contributed by atoms with Gasteiger partial charge >= 0.3 is 0 Å². The lowest BCUT2D eigenvalue weighted by atomic mass is 9.66. The zero-order valence-electron chi connectivity index (χ0n) is 13.1. The third kappa shape index (κ3) is 3.52. The fourth-order valence-electron chi connectivity index (χ4n) is 4.47. The van der Waals surface area contributed by atoms with Crippen molar-refractivity contribution in [1.82, 2.24) is 0 Å². The third-order valence-corrected chi connectivity index (χ3v) is 5.81. The summed E-state index contributed by atoms with van der Waals surface area (Å²) >= 11 is 0. The zero-order chi connectivity index (χ0) is 13.7. The van der Waals surface area contributed by atoms with E-state index in [1.54, 1.807) is 0 Å². The standard InChI is InChI=1S/C17H32O2/c1-4-5-14-10-12-17(19-3,13-11-14)15-6-8-16(18-2)9-7-15/h14-16H,4-13H2,1-3H3. The Bertz CT molecular complexity index is 248. The van der Waals surface area contributed by atoms with Gasteiger partial charge < -0.3 is 9.47 Å². The van der Waals surface area contributed by atoms with E-state index in [0.29, 0.717) is 6.10 Å². The van der Waals surface area contributed by atoms with Gasteiger partial charge in [-0.15, -0.1) is 0 Å². The molecule has 0 bridgehead atoms. The molecule has 19 heavy (non-hydrogen) atoms. The van der Waals surface area contributed by atoms with Crippen molar-refractivity contribution in [2.45, 2.75) is 82.8 Å². The summed E-state index contributed by atoms with van der Waals surface area (Å²) in [5, 5.41) is 0. The summed E-state index contributed by atoms with van der Waals surface area (Å²) in [5.74, 6) is 1.73. The molecular weight excluding hydrogens is 236 g/mol. The summed E-state index contributed by atoms with van der Waals surface area (Å²) in [6.07, 6.45) is 13.6. The van der Waals surface area contributed by atoms with Gasteiger partial charge in [-0.25, -0.2) is 0 Å². The molecule has 0 spiro atoms. The first-order chi connectivity index (χ1) is 9.24. The highest BCUT2D eigenvalue weighted by atomic mass is 16.5. The van der Waals surface area contributed by atoms with Crippen LogP contribution in [-0.4, -0.2) is 25.9 Å². The normalized spacial score (nSPS) is 40.3. The van der Waals surface area contributed by atoms with Gasteiger partial charge in [-0.3, -0.25) is 0 Å². The Hall–Kier alpha value is -0.0800. The van der Waals surface area contributed by atoms with Gasteiger partial charge in [0.2, 0.25) is 0 Å². The maximum atomic E-state index is 6.07. The molecule has 2 fully saturated rings. The molecule has 0 aromatic rings. The van der Waals surface area contributed by atoms with E-state index in [9.17, 15) is 0 Å². The maximum absolute atomic E-state index is 6.07. The molecule has 0 aromatic heterocycles. The summed E-state index contributed by atoms with van der Waals surface area (Å²) in [5.41, 5.74) is 0.197. The molecule has 0 unspecified atom stereocenters. The first kappa shape index (κ1) is 15.3. The summed E-state index contributed by atoms with van der Waals surface area (Å²) in [7, 11) is 3.80. The lowest BCUT2D eigenvalue weighted by Gasteiger charge is -2.47. The van der Waals surface area contributed by atoms with Crippen molar-refractivity contribution in [2.75, 3.05) is 14.2 Å². The molecule has 0 heterocycles. The number of hydrogen-bond acceptors (Lipinski definition) is 2. The highest BCUT2D eigenvalue weighted by Crippen LogP contribution is 2.46. The van der Waals surface area contributed by atoms with Crippen molar-refractivity contribution in [3.63, 3.8) is 0 Å². The SMILES string of the molecule is CCCC1CCC(OC)(C2CCC(OC)CC2)CC1. The Balaban J connectivity index is 1.89. The van der Waals surface area contributed by atoms with Gasteiger partial charge in [0.15, 0.2) is 0 Å². The van der Waals surface area contributed by atoms with Crippen LogP contribution >= 0.6 is 0 Å². The topological polar surface area (TPSA) is 18.5 Å². The lowest BCUT2D eigenvalue weighted by Crippen LogP contribution is -2.45. The number of methoxy groups -OCH3 is 2. The number of rotatable bonds is 5. The summed E-state index contributed by atoms with van der Waals surface area (Å²) in [6.45, 7) is 2.31. The van der Waals surface area contributed by atoms with E-state index < -0.39 is 0 Å². The quantitative estimate of drug-likeness (QED) is 0.727. The highest BCUT2D eigenvalue weighted by Gasteiger charge is 2.43. The summed E-state index contributed by atoms with van der Waals surface area (Å²) in [4.78, 5) is 0. The Kier molecular flexibility index (Phi) is 5.70. The van der Waals surface area contributed by atoms with E-state index in [0.717, 1.165) is 11.8 Å². The monoisotopic (exact) mass is 268 g/mol. The molecule has 0 N–H and O–H groups in total. The van der Waals surface area contributed by atoms with Crippen LogP contribution < -0.4 is 0 Å². The molecule has 0 saturated heterocycles. The highest BCUT2D eigenvalue weighted by molar-refractivity contribution is 4.94. The molecular formula is C17H32O2. The molecule has 2 aliphatic rings. The Morgan fingerprint density at radius 1 is 0.947 bits per heavy atom. The molecule has 2 heteroatoms.